The Hall–Kier alpha value is -1.46. The first kappa shape index (κ1) is 13.0. The fourth-order valence-corrected chi connectivity index (χ4v) is 2.15. The van der Waals surface area contributed by atoms with Crippen molar-refractivity contribution in [1.82, 2.24) is 9.97 Å². The molecule has 94 valence electrons. The van der Waals surface area contributed by atoms with E-state index in [9.17, 15) is 0 Å². The number of benzene rings is 1. The maximum Gasteiger partial charge on any atom is 0.159 e. The number of halogens is 1. The van der Waals surface area contributed by atoms with Gasteiger partial charge < -0.3 is 10.5 Å². The summed E-state index contributed by atoms with van der Waals surface area (Å²) < 4.78 is 6.07. The molecule has 0 fully saturated rings. The first-order valence-electron chi connectivity index (χ1n) is 5.59. The second kappa shape index (κ2) is 5.93. The van der Waals surface area contributed by atoms with Gasteiger partial charge in [0.05, 0.1) is 11.6 Å². The molecule has 1 aromatic carbocycles. The molecule has 0 atom stereocenters. The zero-order valence-electron chi connectivity index (χ0n) is 10.1. The number of hydrogen-bond donors (Lipinski definition) is 1. The highest BCUT2D eigenvalue weighted by Gasteiger charge is 2.05. The Kier molecular flexibility index (Phi) is 4.28. The minimum atomic E-state index is 0.608. The molecule has 2 N–H and O–H groups in total. The molecule has 0 aliphatic carbocycles. The summed E-state index contributed by atoms with van der Waals surface area (Å²) in [4.78, 5) is 8.67. The quantitative estimate of drug-likeness (QED) is 0.942. The molecule has 2 rings (SSSR count). The Bertz CT molecular complexity index is 528. The van der Waals surface area contributed by atoms with Gasteiger partial charge in [-0.1, -0.05) is 0 Å². The molecule has 0 amide bonds. The molecule has 0 unspecified atom stereocenters. The zero-order chi connectivity index (χ0) is 13.0. The van der Waals surface area contributed by atoms with E-state index in [2.05, 4.69) is 25.9 Å². The van der Waals surface area contributed by atoms with Crippen molar-refractivity contribution in [2.24, 2.45) is 5.73 Å². The summed E-state index contributed by atoms with van der Waals surface area (Å²) in [5, 5.41) is 0. The van der Waals surface area contributed by atoms with Crippen molar-refractivity contribution in [2.75, 3.05) is 13.7 Å². The van der Waals surface area contributed by atoms with Crippen LogP contribution in [0.2, 0.25) is 0 Å². The van der Waals surface area contributed by atoms with Gasteiger partial charge in [0.15, 0.2) is 5.82 Å². The molecule has 1 heterocycles. The predicted molar refractivity (Wildman–Crippen MR) is 74.5 cm³/mol. The van der Waals surface area contributed by atoms with Gasteiger partial charge in [0.1, 0.15) is 5.75 Å². The Balaban J connectivity index is 2.28. The zero-order valence-corrected chi connectivity index (χ0v) is 11.6. The van der Waals surface area contributed by atoms with Crippen LogP contribution in [0.25, 0.3) is 11.4 Å². The van der Waals surface area contributed by atoms with E-state index in [1.807, 2.05) is 30.6 Å². The molecule has 18 heavy (non-hydrogen) atoms. The molecule has 0 aliphatic heterocycles. The fourth-order valence-electron chi connectivity index (χ4n) is 1.61. The van der Waals surface area contributed by atoms with Crippen molar-refractivity contribution >= 4 is 15.9 Å². The van der Waals surface area contributed by atoms with E-state index in [1.165, 1.54) is 0 Å². The second-order valence-electron chi connectivity index (χ2n) is 3.80. The second-order valence-corrected chi connectivity index (χ2v) is 4.66. The summed E-state index contributed by atoms with van der Waals surface area (Å²) in [5.74, 6) is 1.48. The van der Waals surface area contributed by atoms with Gasteiger partial charge in [-0.15, -0.1) is 0 Å². The summed E-state index contributed by atoms with van der Waals surface area (Å²) >= 11 is 3.45. The van der Waals surface area contributed by atoms with Crippen LogP contribution < -0.4 is 10.5 Å². The molecule has 0 saturated carbocycles. The van der Waals surface area contributed by atoms with E-state index in [4.69, 9.17) is 10.5 Å². The Morgan fingerprint density at radius 2 is 2.00 bits per heavy atom. The number of nitrogens with two attached hydrogens (primary N) is 1. The van der Waals surface area contributed by atoms with Crippen LogP contribution in [0.15, 0.2) is 35.1 Å². The number of hydrogen-bond acceptors (Lipinski definition) is 4. The van der Waals surface area contributed by atoms with Crippen LogP contribution in [0, 0.1) is 0 Å². The van der Waals surface area contributed by atoms with Gasteiger partial charge in [0.25, 0.3) is 0 Å². The van der Waals surface area contributed by atoms with Gasteiger partial charge in [-0.2, -0.15) is 0 Å². The average molecular weight is 308 g/mol. The minimum Gasteiger partial charge on any atom is -0.496 e. The van der Waals surface area contributed by atoms with Gasteiger partial charge in [0.2, 0.25) is 0 Å². The van der Waals surface area contributed by atoms with E-state index in [1.54, 1.807) is 7.11 Å². The minimum absolute atomic E-state index is 0.608. The molecule has 1 aromatic heterocycles. The number of rotatable bonds is 4. The standard InChI is InChI=1S/C13H14BrN3O/c1-18-12-3-2-10(6-11(12)14)13-16-7-9(4-5-15)8-17-13/h2-3,6-8H,4-5,15H2,1H3. The maximum atomic E-state index is 5.49. The fraction of sp³-hybridized carbons (Fsp3) is 0.231. The normalized spacial score (nSPS) is 10.4. The van der Waals surface area contributed by atoms with Gasteiger partial charge >= 0.3 is 0 Å². The van der Waals surface area contributed by atoms with Crippen molar-refractivity contribution in [1.29, 1.82) is 0 Å². The van der Waals surface area contributed by atoms with Gasteiger partial charge in [-0.25, -0.2) is 9.97 Å². The third kappa shape index (κ3) is 2.86. The van der Waals surface area contributed by atoms with Crippen LogP contribution in [-0.4, -0.2) is 23.6 Å². The molecule has 4 nitrogen and oxygen atoms in total. The predicted octanol–water partition coefficient (Wildman–Crippen LogP) is 2.42. The molecule has 0 bridgehead atoms. The van der Waals surface area contributed by atoms with Gasteiger partial charge in [0, 0.05) is 18.0 Å². The summed E-state index contributed by atoms with van der Waals surface area (Å²) in [7, 11) is 1.64. The lowest BCUT2D eigenvalue weighted by Gasteiger charge is -2.06. The summed E-state index contributed by atoms with van der Waals surface area (Å²) in [6, 6.07) is 5.76. The van der Waals surface area contributed by atoms with Crippen molar-refractivity contribution in [3.8, 4) is 17.1 Å². The van der Waals surface area contributed by atoms with Crippen LogP contribution in [0.3, 0.4) is 0 Å². The van der Waals surface area contributed by atoms with Gasteiger partial charge in [-0.05, 0) is 52.7 Å². The first-order valence-corrected chi connectivity index (χ1v) is 6.39. The molecule has 0 saturated heterocycles. The highest BCUT2D eigenvalue weighted by atomic mass is 79.9. The number of ether oxygens (including phenoxy) is 1. The van der Waals surface area contributed by atoms with Crippen molar-refractivity contribution in [3.63, 3.8) is 0 Å². The van der Waals surface area contributed by atoms with Crippen LogP contribution >= 0.6 is 15.9 Å². The maximum absolute atomic E-state index is 5.49. The van der Waals surface area contributed by atoms with E-state index in [-0.39, 0.29) is 0 Å². The van der Waals surface area contributed by atoms with Crippen LogP contribution in [0.5, 0.6) is 5.75 Å². The van der Waals surface area contributed by atoms with E-state index in [0.717, 1.165) is 27.8 Å². The number of methoxy groups -OCH3 is 1. The molecule has 0 radical (unpaired) electrons. The summed E-state index contributed by atoms with van der Waals surface area (Å²) in [5.41, 5.74) is 7.48. The molecule has 5 heteroatoms. The Morgan fingerprint density at radius 1 is 1.28 bits per heavy atom. The highest BCUT2D eigenvalue weighted by Crippen LogP contribution is 2.28. The lowest BCUT2D eigenvalue weighted by molar-refractivity contribution is 0.412. The SMILES string of the molecule is COc1ccc(-c2ncc(CCN)cn2)cc1Br. The first-order chi connectivity index (χ1) is 8.74. The molecule has 0 aliphatic rings. The van der Waals surface area contributed by atoms with Crippen LogP contribution in [0.4, 0.5) is 0 Å². The molecular weight excluding hydrogens is 294 g/mol. The molecular formula is C13H14BrN3O. The Morgan fingerprint density at radius 3 is 2.56 bits per heavy atom. The third-order valence-corrected chi connectivity index (χ3v) is 3.17. The smallest absolute Gasteiger partial charge is 0.159 e. The Labute approximate surface area is 114 Å². The third-order valence-electron chi connectivity index (χ3n) is 2.55. The lowest BCUT2D eigenvalue weighted by atomic mass is 10.2. The largest absolute Gasteiger partial charge is 0.496 e. The monoisotopic (exact) mass is 307 g/mol. The summed E-state index contributed by atoms with van der Waals surface area (Å²) in [6.07, 6.45) is 4.42. The highest BCUT2D eigenvalue weighted by molar-refractivity contribution is 9.10. The lowest BCUT2D eigenvalue weighted by Crippen LogP contribution is -2.03. The van der Waals surface area contributed by atoms with Crippen molar-refractivity contribution < 1.29 is 4.74 Å². The number of nitrogens with zero attached hydrogens (tertiary/aromatic N) is 2. The molecule has 0 spiro atoms. The molecule has 2 aromatic rings. The summed E-state index contributed by atoms with van der Waals surface area (Å²) in [6.45, 7) is 0.608. The van der Waals surface area contributed by atoms with Crippen LogP contribution in [-0.2, 0) is 6.42 Å². The van der Waals surface area contributed by atoms with Crippen molar-refractivity contribution in [3.05, 3.63) is 40.6 Å². The van der Waals surface area contributed by atoms with E-state index < -0.39 is 0 Å². The van der Waals surface area contributed by atoms with Gasteiger partial charge in [-0.3, -0.25) is 0 Å². The van der Waals surface area contributed by atoms with E-state index in [0.29, 0.717) is 12.4 Å². The van der Waals surface area contributed by atoms with E-state index >= 15 is 0 Å². The topological polar surface area (TPSA) is 61.0 Å². The van der Waals surface area contributed by atoms with Crippen LogP contribution in [0.1, 0.15) is 5.56 Å². The van der Waals surface area contributed by atoms with Crippen molar-refractivity contribution in [2.45, 2.75) is 6.42 Å². The number of aromatic nitrogens is 2. The average Bonchev–Trinajstić information content (AvgIpc) is 2.40.